The van der Waals surface area contributed by atoms with Crippen LogP contribution in [0.5, 0.6) is 5.75 Å². The summed E-state index contributed by atoms with van der Waals surface area (Å²) < 4.78 is 13.8. The molecular weight excluding hydrogens is 504 g/mol. The Morgan fingerprint density at radius 1 is 1.02 bits per heavy atom. The predicted octanol–water partition coefficient (Wildman–Crippen LogP) is 5.82. The number of para-hydroxylation sites is 2. The van der Waals surface area contributed by atoms with Gasteiger partial charge in [-0.2, -0.15) is 9.78 Å². The fourth-order valence-corrected chi connectivity index (χ4v) is 5.11. The molecule has 2 aromatic heterocycles. The van der Waals surface area contributed by atoms with Crippen LogP contribution in [0.3, 0.4) is 0 Å². The number of rotatable bonds is 7. The Hall–Kier alpha value is -4.72. The second-order valence-electron chi connectivity index (χ2n) is 10.1. The zero-order chi connectivity index (χ0) is 28.6. The lowest BCUT2D eigenvalue weighted by Gasteiger charge is -2.17. The van der Waals surface area contributed by atoms with Gasteiger partial charge in [-0.15, -0.1) is 0 Å². The van der Waals surface area contributed by atoms with Gasteiger partial charge in [0.2, 0.25) is 0 Å². The lowest BCUT2D eigenvalue weighted by Crippen LogP contribution is -2.21. The molecule has 0 saturated heterocycles. The zero-order valence-corrected chi connectivity index (χ0v) is 23.6. The highest BCUT2D eigenvalue weighted by Crippen LogP contribution is 2.34. The van der Waals surface area contributed by atoms with Crippen LogP contribution < -0.4 is 10.3 Å². The Balaban J connectivity index is 1.76. The van der Waals surface area contributed by atoms with E-state index >= 15 is 0 Å². The van der Waals surface area contributed by atoms with Crippen LogP contribution in [-0.4, -0.2) is 40.6 Å². The van der Waals surface area contributed by atoms with Crippen molar-refractivity contribution in [1.82, 2.24) is 14.2 Å². The summed E-state index contributed by atoms with van der Waals surface area (Å²) in [7, 11) is 3.03. The van der Waals surface area contributed by atoms with Crippen molar-refractivity contribution in [3.63, 3.8) is 0 Å². The molecule has 0 unspecified atom stereocenters. The van der Waals surface area contributed by atoms with Crippen molar-refractivity contribution in [3.05, 3.63) is 93.4 Å². The van der Waals surface area contributed by atoms with Gasteiger partial charge in [0, 0.05) is 27.7 Å². The zero-order valence-electron chi connectivity index (χ0n) is 23.6. The largest absolute Gasteiger partial charge is 0.496 e. The van der Waals surface area contributed by atoms with Gasteiger partial charge in [-0.3, -0.25) is 9.59 Å². The Labute approximate surface area is 232 Å². The minimum Gasteiger partial charge on any atom is -0.496 e. The third-order valence-corrected chi connectivity index (χ3v) is 7.29. The number of ether oxygens (including phenoxy) is 2. The van der Waals surface area contributed by atoms with Crippen molar-refractivity contribution in [2.45, 2.75) is 40.2 Å². The monoisotopic (exact) mass is 536 g/mol. The number of benzene rings is 3. The fourth-order valence-electron chi connectivity index (χ4n) is 5.11. The number of carbonyl (C=O) groups is 1. The van der Waals surface area contributed by atoms with Gasteiger partial charge in [0.05, 0.1) is 31.3 Å². The molecule has 40 heavy (non-hydrogen) atoms. The molecule has 204 valence electrons. The number of aromatic nitrogens is 3. The van der Waals surface area contributed by atoms with E-state index in [9.17, 15) is 9.59 Å². The quantitative estimate of drug-likeness (QED) is 0.193. The molecule has 0 aliphatic heterocycles. The maximum absolute atomic E-state index is 13.9. The number of methoxy groups -OCH3 is 2. The second kappa shape index (κ2) is 10.8. The number of nitrogens with zero attached hydrogens (tertiary/aromatic N) is 4. The van der Waals surface area contributed by atoms with Crippen LogP contribution in [0, 0.1) is 13.8 Å². The van der Waals surface area contributed by atoms with E-state index in [4.69, 9.17) is 19.6 Å². The summed E-state index contributed by atoms with van der Waals surface area (Å²) in [6.45, 7) is 8.17. The van der Waals surface area contributed by atoms with E-state index < -0.39 is 0 Å². The molecule has 0 amide bonds. The average molecular weight is 537 g/mol. The van der Waals surface area contributed by atoms with E-state index in [0.29, 0.717) is 16.7 Å². The van der Waals surface area contributed by atoms with Crippen LogP contribution in [0.1, 0.15) is 42.1 Å². The van der Waals surface area contributed by atoms with E-state index in [1.165, 1.54) is 11.8 Å². The summed E-state index contributed by atoms with van der Waals surface area (Å²) in [5, 5.41) is 6.13. The van der Waals surface area contributed by atoms with Crippen LogP contribution in [0.25, 0.3) is 33.2 Å². The molecule has 8 nitrogen and oxygen atoms in total. The van der Waals surface area contributed by atoms with Gasteiger partial charge in [-0.1, -0.05) is 44.2 Å². The molecule has 0 saturated carbocycles. The van der Waals surface area contributed by atoms with E-state index in [0.717, 1.165) is 44.6 Å². The number of hydrogen-bond donors (Lipinski definition) is 0. The molecular formula is C32H32N4O4. The Bertz CT molecular complexity index is 1850. The second-order valence-corrected chi connectivity index (χ2v) is 10.1. The Morgan fingerprint density at radius 2 is 1.73 bits per heavy atom. The molecule has 2 heterocycles. The summed E-state index contributed by atoms with van der Waals surface area (Å²) in [5.41, 5.74) is 5.58. The number of fused-ring (bicyclic) bond motifs is 2. The topological polar surface area (TPSA) is 87.7 Å². The van der Waals surface area contributed by atoms with Gasteiger partial charge >= 0.3 is 5.97 Å². The first kappa shape index (κ1) is 26.9. The third-order valence-electron chi connectivity index (χ3n) is 7.29. The number of esters is 1. The van der Waals surface area contributed by atoms with Crippen LogP contribution in [0.15, 0.2) is 70.6 Å². The standard InChI is InChI=1S/C32H32N4O4/c1-19(2)24-16-25(20(3)15-29(24)39-5)31-34-27-13-9-7-12-23(27)32(38)36(31)33-17-26-21(4)35(18-30(37)40-6)28-14-10-8-11-22(26)28/h7-17,19H,18H2,1-6H3. The first-order valence-electron chi connectivity index (χ1n) is 13.1. The summed E-state index contributed by atoms with van der Waals surface area (Å²) in [4.78, 5) is 30.9. The first-order chi connectivity index (χ1) is 19.2. The molecule has 0 bridgehead atoms. The summed E-state index contributed by atoms with van der Waals surface area (Å²) in [5.74, 6) is 1.09. The average Bonchev–Trinajstić information content (AvgIpc) is 3.22. The molecule has 0 fully saturated rings. The normalized spacial score (nSPS) is 11.7. The van der Waals surface area contributed by atoms with Crippen LogP contribution in [-0.2, 0) is 16.1 Å². The molecule has 0 aliphatic carbocycles. The lowest BCUT2D eigenvalue weighted by molar-refractivity contribution is -0.141. The fraction of sp³-hybridized carbons (Fsp3) is 0.250. The van der Waals surface area contributed by atoms with Crippen molar-refractivity contribution in [1.29, 1.82) is 0 Å². The molecule has 0 spiro atoms. The van der Waals surface area contributed by atoms with Gasteiger partial charge in [-0.05, 0) is 61.2 Å². The van der Waals surface area contributed by atoms with Gasteiger partial charge in [0.1, 0.15) is 12.3 Å². The van der Waals surface area contributed by atoms with E-state index in [-0.39, 0.29) is 24.0 Å². The van der Waals surface area contributed by atoms with Crippen LogP contribution in [0.4, 0.5) is 0 Å². The van der Waals surface area contributed by atoms with Gasteiger partial charge < -0.3 is 14.0 Å². The van der Waals surface area contributed by atoms with Gasteiger partial charge in [0.25, 0.3) is 5.56 Å². The summed E-state index contributed by atoms with van der Waals surface area (Å²) >= 11 is 0. The van der Waals surface area contributed by atoms with Crippen molar-refractivity contribution >= 4 is 34.0 Å². The molecule has 0 aliphatic rings. The summed E-state index contributed by atoms with van der Waals surface area (Å²) in [6, 6.07) is 19.1. The smallest absolute Gasteiger partial charge is 0.325 e. The molecule has 5 rings (SSSR count). The van der Waals surface area contributed by atoms with E-state index in [2.05, 4.69) is 13.8 Å². The van der Waals surface area contributed by atoms with E-state index in [1.54, 1.807) is 19.4 Å². The first-order valence-corrected chi connectivity index (χ1v) is 13.1. The van der Waals surface area contributed by atoms with Crippen molar-refractivity contribution in [3.8, 4) is 17.1 Å². The van der Waals surface area contributed by atoms with E-state index in [1.807, 2.05) is 73.0 Å². The summed E-state index contributed by atoms with van der Waals surface area (Å²) in [6.07, 6.45) is 1.68. The minimum atomic E-state index is -0.347. The predicted molar refractivity (Wildman–Crippen MR) is 158 cm³/mol. The Kier molecular flexibility index (Phi) is 7.26. The number of aryl methyl sites for hydroxylation is 1. The highest BCUT2D eigenvalue weighted by Gasteiger charge is 2.19. The third kappa shape index (κ3) is 4.66. The molecule has 3 aromatic carbocycles. The van der Waals surface area contributed by atoms with Crippen molar-refractivity contribution in [2.24, 2.45) is 5.10 Å². The van der Waals surface area contributed by atoms with Gasteiger partial charge in [-0.25, -0.2) is 4.98 Å². The van der Waals surface area contributed by atoms with Crippen molar-refractivity contribution < 1.29 is 14.3 Å². The minimum absolute atomic E-state index is 0.0719. The number of hydrogen-bond acceptors (Lipinski definition) is 6. The molecule has 0 atom stereocenters. The lowest BCUT2D eigenvalue weighted by atomic mass is 9.96. The van der Waals surface area contributed by atoms with Gasteiger partial charge in [0.15, 0.2) is 5.82 Å². The molecule has 8 heteroatoms. The Morgan fingerprint density at radius 3 is 2.42 bits per heavy atom. The highest BCUT2D eigenvalue weighted by molar-refractivity contribution is 6.01. The molecule has 5 aromatic rings. The van der Waals surface area contributed by atoms with Crippen LogP contribution in [0.2, 0.25) is 0 Å². The van der Waals surface area contributed by atoms with Crippen LogP contribution >= 0.6 is 0 Å². The molecule has 0 N–H and O–H groups in total. The molecule has 0 radical (unpaired) electrons. The highest BCUT2D eigenvalue weighted by atomic mass is 16.5. The SMILES string of the molecule is COC(=O)Cn1c(C)c(C=Nn2c(-c3cc(C(C)C)c(OC)cc3C)nc3ccccc3c2=O)c2ccccc21. The van der Waals surface area contributed by atoms with Crippen molar-refractivity contribution in [2.75, 3.05) is 14.2 Å². The number of carbonyl (C=O) groups excluding carboxylic acids is 1. The maximum atomic E-state index is 13.9. The maximum Gasteiger partial charge on any atom is 0.325 e.